The lowest BCUT2D eigenvalue weighted by molar-refractivity contribution is -0.112. The number of aryl methyl sites for hydroxylation is 2. The standard InChI is InChI=1S/C25H21BrN2O4S/c1-3-18-6-9-22(10-7-18)28-25(29)20(16-27)14-19-15-21(26)8-13-24(19)32-33(30,31)23-11-4-17(2)5-12-23/h4-15H,3H2,1-2H3,(H,28,29)/b20-14+. The molecule has 0 aliphatic rings. The van der Waals surface area contributed by atoms with Crippen LogP contribution in [0.5, 0.6) is 5.75 Å². The summed E-state index contributed by atoms with van der Waals surface area (Å²) >= 11 is 3.33. The van der Waals surface area contributed by atoms with Crippen molar-refractivity contribution >= 4 is 43.7 Å². The summed E-state index contributed by atoms with van der Waals surface area (Å²) in [6, 6.07) is 20.1. The molecule has 0 bridgehead atoms. The van der Waals surface area contributed by atoms with E-state index >= 15 is 0 Å². The molecule has 0 radical (unpaired) electrons. The SMILES string of the molecule is CCc1ccc(NC(=O)/C(C#N)=C/c2cc(Br)ccc2OS(=O)(=O)c2ccc(C)cc2)cc1. The molecule has 6 nitrogen and oxygen atoms in total. The Labute approximate surface area is 201 Å². The average molecular weight is 525 g/mol. The Morgan fingerprint density at radius 3 is 2.36 bits per heavy atom. The van der Waals surface area contributed by atoms with E-state index in [0.29, 0.717) is 10.2 Å². The molecule has 0 unspecified atom stereocenters. The first-order valence-corrected chi connectivity index (χ1v) is 12.2. The van der Waals surface area contributed by atoms with Crippen LogP contribution in [0.2, 0.25) is 0 Å². The molecular formula is C25H21BrN2O4S. The summed E-state index contributed by atoms with van der Waals surface area (Å²) < 4.78 is 31.4. The summed E-state index contributed by atoms with van der Waals surface area (Å²) in [7, 11) is -4.11. The molecular weight excluding hydrogens is 504 g/mol. The molecule has 0 aromatic heterocycles. The highest BCUT2D eigenvalue weighted by molar-refractivity contribution is 9.10. The first kappa shape index (κ1) is 24.2. The maximum absolute atomic E-state index is 12.7. The molecule has 3 aromatic carbocycles. The smallest absolute Gasteiger partial charge is 0.339 e. The largest absolute Gasteiger partial charge is 0.378 e. The van der Waals surface area contributed by atoms with Gasteiger partial charge in [-0.05, 0) is 67.4 Å². The first-order valence-electron chi connectivity index (χ1n) is 10.0. The number of anilines is 1. The monoisotopic (exact) mass is 524 g/mol. The van der Waals surface area contributed by atoms with Crippen molar-refractivity contribution in [2.75, 3.05) is 5.32 Å². The minimum atomic E-state index is -4.11. The normalized spacial score (nSPS) is 11.5. The second-order valence-electron chi connectivity index (χ2n) is 7.21. The zero-order valence-electron chi connectivity index (χ0n) is 18.0. The van der Waals surface area contributed by atoms with Crippen molar-refractivity contribution in [3.05, 3.63) is 93.5 Å². The zero-order valence-corrected chi connectivity index (χ0v) is 20.4. The fraction of sp³-hybridized carbons (Fsp3) is 0.120. The number of rotatable bonds is 7. The van der Waals surface area contributed by atoms with Crippen molar-refractivity contribution in [1.82, 2.24) is 0 Å². The molecule has 3 aromatic rings. The van der Waals surface area contributed by atoms with Crippen molar-refractivity contribution in [3.8, 4) is 11.8 Å². The molecule has 0 fully saturated rings. The van der Waals surface area contributed by atoms with Gasteiger partial charge in [0.15, 0.2) is 0 Å². The summed E-state index contributed by atoms with van der Waals surface area (Å²) in [4.78, 5) is 12.7. The third-order valence-electron chi connectivity index (χ3n) is 4.77. The second-order valence-corrected chi connectivity index (χ2v) is 9.67. The lowest BCUT2D eigenvalue weighted by Crippen LogP contribution is -2.14. The summed E-state index contributed by atoms with van der Waals surface area (Å²) in [5.41, 5.74) is 2.63. The highest BCUT2D eigenvalue weighted by Crippen LogP contribution is 2.29. The van der Waals surface area contributed by atoms with Crippen molar-refractivity contribution in [3.63, 3.8) is 0 Å². The van der Waals surface area contributed by atoms with Crippen LogP contribution in [0.3, 0.4) is 0 Å². The van der Waals surface area contributed by atoms with Gasteiger partial charge in [0.25, 0.3) is 5.91 Å². The third-order valence-corrected chi connectivity index (χ3v) is 6.51. The van der Waals surface area contributed by atoms with E-state index < -0.39 is 16.0 Å². The van der Waals surface area contributed by atoms with Crippen LogP contribution in [0.25, 0.3) is 6.08 Å². The molecule has 33 heavy (non-hydrogen) atoms. The van der Waals surface area contributed by atoms with Crippen molar-refractivity contribution in [1.29, 1.82) is 5.26 Å². The minimum absolute atomic E-state index is 0.000255. The number of nitrogens with zero attached hydrogens (tertiary/aromatic N) is 1. The van der Waals surface area contributed by atoms with E-state index in [1.165, 1.54) is 24.3 Å². The van der Waals surface area contributed by atoms with E-state index in [2.05, 4.69) is 21.2 Å². The molecule has 0 spiro atoms. The van der Waals surface area contributed by atoms with Crippen molar-refractivity contribution in [2.24, 2.45) is 0 Å². The van der Waals surface area contributed by atoms with Crippen LogP contribution in [0.4, 0.5) is 5.69 Å². The number of nitrogens with one attached hydrogen (secondary N) is 1. The lowest BCUT2D eigenvalue weighted by Gasteiger charge is -2.11. The zero-order chi connectivity index (χ0) is 24.0. The van der Waals surface area contributed by atoms with Crippen LogP contribution in [0.15, 0.2) is 81.7 Å². The first-order chi connectivity index (χ1) is 15.7. The van der Waals surface area contributed by atoms with Gasteiger partial charge in [-0.1, -0.05) is 52.7 Å². The maximum Gasteiger partial charge on any atom is 0.339 e. The van der Waals surface area contributed by atoms with Gasteiger partial charge >= 0.3 is 10.1 Å². The van der Waals surface area contributed by atoms with Gasteiger partial charge in [-0.2, -0.15) is 13.7 Å². The van der Waals surface area contributed by atoms with Crippen LogP contribution in [-0.2, 0) is 21.3 Å². The molecule has 168 valence electrons. The van der Waals surface area contributed by atoms with Gasteiger partial charge in [0, 0.05) is 15.7 Å². The molecule has 0 atom stereocenters. The highest BCUT2D eigenvalue weighted by atomic mass is 79.9. The number of carbonyl (C=O) groups is 1. The molecule has 8 heteroatoms. The van der Waals surface area contributed by atoms with Gasteiger partial charge in [0.1, 0.15) is 22.3 Å². The van der Waals surface area contributed by atoms with Gasteiger partial charge < -0.3 is 9.50 Å². The van der Waals surface area contributed by atoms with E-state index in [0.717, 1.165) is 17.5 Å². The van der Waals surface area contributed by atoms with Gasteiger partial charge in [-0.15, -0.1) is 0 Å². The summed E-state index contributed by atoms with van der Waals surface area (Å²) in [5.74, 6) is -0.624. The Balaban J connectivity index is 1.90. The number of amides is 1. The fourth-order valence-electron chi connectivity index (χ4n) is 2.91. The number of nitriles is 1. The molecule has 0 aliphatic carbocycles. The Bertz CT molecular complexity index is 1340. The summed E-state index contributed by atoms with van der Waals surface area (Å²) in [5, 5.41) is 12.2. The Morgan fingerprint density at radius 2 is 1.76 bits per heavy atom. The van der Waals surface area contributed by atoms with Crippen LogP contribution in [0.1, 0.15) is 23.6 Å². The third kappa shape index (κ3) is 6.31. The van der Waals surface area contributed by atoms with Crippen molar-refractivity contribution < 1.29 is 17.4 Å². The van der Waals surface area contributed by atoms with E-state index in [9.17, 15) is 18.5 Å². The number of hydrogen-bond donors (Lipinski definition) is 1. The van der Waals surface area contributed by atoms with Gasteiger partial charge in [0.2, 0.25) is 0 Å². The van der Waals surface area contributed by atoms with E-state index in [4.69, 9.17) is 4.18 Å². The van der Waals surface area contributed by atoms with Gasteiger partial charge in [0.05, 0.1) is 0 Å². The molecule has 0 heterocycles. The molecule has 1 amide bonds. The Hall–Kier alpha value is -3.41. The maximum atomic E-state index is 12.7. The van der Waals surface area contributed by atoms with Crippen LogP contribution in [-0.4, -0.2) is 14.3 Å². The van der Waals surface area contributed by atoms with E-state index in [1.54, 1.807) is 36.4 Å². The summed E-state index contributed by atoms with van der Waals surface area (Å²) in [6.07, 6.45) is 2.16. The molecule has 3 rings (SSSR count). The number of benzene rings is 3. The van der Waals surface area contributed by atoms with Gasteiger partial charge in [-0.3, -0.25) is 4.79 Å². The Morgan fingerprint density at radius 1 is 1.09 bits per heavy atom. The highest BCUT2D eigenvalue weighted by Gasteiger charge is 2.19. The predicted molar refractivity (Wildman–Crippen MR) is 131 cm³/mol. The Kier molecular flexibility index (Phi) is 7.69. The minimum Gasteiger partial charge on any atom is -0.378 e. The molecule has 0 saturated heterocycles. The van der Waals surface area contributed by atoms with E-state index in [1.807, 2.05) is 32.0 Å². The van der Waals surface area contributed by atoms with E-state index in [-0.39, 0.29) is 21.8 Å². The van der Waals surface area contributed by atoms with Crippen molar-refractivity contribution in [2.45, 2.75) is 25.2 Å². The molecule has 1 N–H and O–H groups in total. The molecule has 0 aliphatic heterocycles. The lowest BCUT2D eigenvalue weighted by atomic mass is 10.1. The topological polar surface area (TPSA) is 96.3 Å². The number of hydrogen-bond acceptors (Lipinski definition) is 5. The predicted octanol–water partition coefficient (Wildman–Crippen LogP) is 5.63. The summed E-state index contributed by atoms with van der Waals surface area (Å²) in [6.45, 7) is 3.88. The van der Waals surface area contributed by atoms with Crippen LogP contribution < -0.4 is 9.50 Å². The van der Waals surface area contributed by atoms with Crippen LogP contribution >= 0.6 is 15.9 Å². The number of halogens is 1. The fourth-order valence-corrected chi connectivity index (χ4v) is 4.24. The number of carbonyl (C=O) groups excluding carboxylic acids is 1. The second kappa shape index (κ2) is 10.5. The van der Waals surface area contributed by atoms with Gasteiger partial charge in [-0.25, -0.2) is 0 Å². The quantitative estimate of drug-likeness (QED) is 0.245. The van der Waals surface area contributed by atoms with Crippen LogP contribution in [0, 0.1) is 18.3 Å². The molecule has 0 saturated carbocycles. The average Bonchev–Trinajstić information content (AvgIpc) is 2.79.